The Morgan fingerprint density at radius 2 is 1.70 bits per heavy atom. The lowest BCUT2D eigenvalue weighted by atomic mass is 9.80. The molecule has 0 N–H and O–H groups in total. The van der Waals surface area contributed by atoms with Gasteiger partial charge in [0.2, 0.25) is 5.89 Å². The van der Waals surface area contributed by atoms with Crippen LogP contribution < -0.4 is 0 Å². The molecule has 0 aliphatic heterocycles. The number of benzene rings is 1. The van der Waals surface area contributed by atoms with Crippen molar-refractivity contribution in [2.75, 3.05) is 5.75 Å². The highest BCUT2D eigenvalue weighted by Crippen LogP contribution is 2.33. The first-order valence-corrected chi connectivity index (χ1v) is 11.8. The molecule has 1 aromatic carbocycles. The van der Waals surface area contributed by atoms with Gasteiger partial charge in [-0.2, -0.15) is 0 Å². The van der Waals surface area contributed by atoms with Crippen LogP contribution >= 0.6 is 0 Å². The molecule has 0 amide bonds. The van der Waals surface area contributed by atoms with E-state index in [-0.39, 0.29) is 5.25 Å². The van der Waals surface area contributed by atoms with Gasteiger partial charge in [0, 0.05) is 5.56 Å². The number of sulfone groups is 1. The standard InChI is InChI=1S/C22H31NO3S/c1-16(2)27(24,25)15-20-8-6-18(7-9-20)4-5-19-10-12-21(13-11-19)22-23-14-17(3)26-22/h10-14,16,18,20H,4-9,15H2,1-3H3. The summed E-state index contributed by atoms with van der Waals surface area (Å²) >= 11 is 0. The third-order valence-electron chi connectivity index (χ3n) is 5.82. The number of hydrogen-bond donors (Lipinski definition) is 0. The highest BCUT2D eigenvalue weighted by atomic mass is 32.2. The first-order chi connectivity index (χ1) is 12.8. The van der Waals surface area contributed by atoms with E-state index in [9.17, 15) is 8.42 Å². The number of hydrogen-bond acceptors (Lipinski definition) is 4. The minimum Gasteiger partial charge on any atom is -0.441 e. The predicted octanol–water partition coefficient (Wildman–Crippen LogP) is 5.21. The van der Waals surface area contributed by atoms with Crippen molar-refractivity contribution in [3.05, 3.63) is 41.8 Å². The van der Waals surface area contributed by atoms with Crippen molar-refractivity contribution >= 4 is 9.84 Å². The van der Waals surface area contributed by atoms with E-state index in [0.717, 1.165) is 49.3 Å². The van der Waals surface area contributed by atoms with Crippen LogP contribution in [0.2, 0.25) is 0 Å². The van der Waals surface area contributed by atoms with Crippen molar-refractivity contribution in [1.29, 1.82) is 0 Å². The Morgan fingerprint density at radius 3 is 2.26 bits per heavy atom. The molecule has 2 aromatic rings. The maximum atomic E-state index is 12.1. The van der Waals surface area contributed by atoms with Crippen molar-refractivity contribution in [1.82, 2.24) is 4.98 Å². The van der Waals surface area contributed by atoms with E-state index >= 15 is 0 Å². The predicted molar refractivity (Wildman–Crippen MR) is 109 cm³/mol. The van der Waals surface area contributed by atoms with Gasteiger partial charge in [0.1, 0.15) is 5.76 Å². The Morgan fingerprint density at radius 1 is 1.07 bits per heavy atom. The molecular weight excluding hydrogens is 358 g/mol. The zero-order valence-electron chi connectivity index (χ0n) is 16.6. The highest BCUT2D eigenvalue weighted by Gasteiger charge is 2.27. The van der Waals surface area contributed by atoms with Gasteiger partial charge in [-0.3, -0.25) is 0 Å². The first-order valence-electron chi connectivity index (χ1n) is 10.1. The monoisotopic (exact) mass is 389 g/mol. The molecule has 1 fully saturated rings. The summed E-state index contributed by atoms with van der Waals surface area (Å²) in [6.07, 6.45) is 8.42. The van der Waals surface area contributed by atoms with E-state index in [4.69, 9.17) is 4.42 Å². The van der Waals surface area contributed by atoms with Gasteiger partial charge in [-0.25, -0.2) is 13.4 Å². The molecule has 148 valence electrons. The van der Waals surface area contributed by atoms with Gasteiger partial charge in [-0.15, -0.1) is 0 Å². The third-order valence-corrected chi connectivity index (χ3v) is 8.19. The summed E-state index contributed by atoms with van der Waals surface area (Å²) in [4.78, 5) is 4.27. The van der Waals surface area contributed by atoms with E-state index in [2.05, 4.69) is 29.2 Å². The zero-order valence-corrected chi connectivity index (χ0v) is 17.5. The Hall–Kier alpha value is -1.62. The van der Waals surface area contributed by atoms with Crippen molar-refractivity contribution < 1.29 is 12.8 Å². The summed E-state index contributed by atoms with van der Waals surface area (Å²) in [6, 6.07) is 8.48. The first kappa shape index (κ1) is 20.1. The van der Waals surface area contributed by atoms with Crippen LogP contribution in [0.15, 0.2) is 34.9 Å². The fourth-order valence-electron chi connectivity index (χ4n) is 3.88. The molecule has 0 radical (unpaired) electrons. The molecular formula is C22H31NO3S. The SMILES string of the molecule is Cc1cnc(-c2ccc(CCC3CCC(CS(=O)(=O)C(C)C)CC3)cc2)o1. The summed E-state index contributed by atoms with van der Waals surface area (Å²) < 4.78 is 29.8. The van der Waals surface area contributed by atoms with Crippen LogP contribution in [0, 0.1) is 18.8 Å². The Labute approximate surface area is 163 Å². The molecule has 5 heteroatoms. The summed E-state index contributed by atoms with van der Waals surface area (Å²) in [7, 11) is -2.91. The summed E-state index contributed by atoms with van der Waals surface area (Å²) in [5, 5.41) is -0.251. The fraction of sp³-hybridized carbons (Fsp3) is 0.591. The van der Waals surface area contributed by atoms with Gasteiger partial charge in [0.25, 0.3) is 0 Å². The second kappa shape index (κ2) is 8.59. The summed E-state index contributed by atoms with van der Waals surface area (Å²) in [5.41, 5.74) is 2.35. The van der Waals surface area contributed by atoms with Crippen LogP contribution in [0.3, 0.4) is 0 Å². The minimum absolute atomic E-state index is 0.251. The van der Waals surface area contributed by atoms with Crippen molar-refractivity contribution in [3.8, 4) is 11.5 Å². The Balaban J connectivity index is 1.45. The molecule has 1 aliphatic carbocycles. The lowest BCUT2D eigenvalue weighted by molar-refractivity contribution is 0.278. The van der Waals surface area contributed by atoms with Gasteiger partial charge in [-0.05, 0) is 76.0 Å². The molecule has 1 aromatic heterocycles. The molecule has 1 aliphatic rings. The highest BCUT2D eigenvalue weighted by molar-refractivity contribution is 7.91. The van der Waals surface area contributed by atoms with Gasteiger partial charge >= 0.3 is 0 Å². The van der Waals surface area contributed by atoms with Crippen LogP contribution in [0.5, 0.6) is 0 Å². The molecule has 1 heterocycles. The van der Waals surface area contributed by atoms with Crippen molar-refractivity contribution in [3.63, 3.8) is 0 Å². The van der Waals surface area contributed by atoms with Gasteiger partial charge in [0.15, 0.2) is 9.84 Å². The van der Waals surface area contributed by atoms with Gasteiger partial charge in [0.05, 0.1) is 17.2 Å². The number of rotatable bonds is 7. The largest absolute Gasteiger partial charge is 0.441 e. The smallest absolute Gasteiger partial charge is 0.226 e. The lowest BCUT2D eigenvalue weighted by Crippen LogP contribution is -2.26. The number of aryl methyl sites for hydroxylation is 2. The second-order valence-electron chi connectivity index (χ2n) is 8.28. The van der Waals surface area contributed by atoms with E-state index in [1.54, 1.807) is 20.0 Å². The molecule has 0 saturated heterocycles. The van der Waals surface area contributed by atoms with Crippen LogP contribution in [0.1, 0.15) is 57.3 Å². The van der Waals surface area contributed by atoms with Crippen molar-refractivity contribution in [2.45, 2.75) is 64.5 Å². The van der Waals surface area contributed by atoms with E-state index in [1.807, 2.05) is 6.92 Å². The molecule has 1 saturated carbocycles. The average molecular weight is 390 g/mol. The Kier molecular flexibility index (Phi) is 6.40. The third kappa shape index (κ3) is 5.44. The summed E-state index contributed by atoms with van der Waals surface area (Å²) in [6.45, 7) is 5.47. The second-order valence-corrected chi connectivity index (χ2v) is 10.9. The van der Waals surface area contributed by atoms with E-state index in [0.29, 0.717) is 17.6 Å². The fourth-order valence-corrected chi connectivity index (χ4v) is 5.26. The average Bonchev–Trinajstić information content (AvgIpc) is 3.07. The molecule has 0 atom stereocenters. The van der Waals surface area contributed by atoms with Crippen molar-refractivity contribution in [2.24, 2.45) is 11.8 Å². The quantitative estimate of drug-likeness (QED) is 0.652. The van der Waals surface area contributed by atoms with Crippen LogP contribution in [-0.4, -0.2) is 24.4 Å². The van der Waals surface area contributed by atoms with Crippen LogP contribution in [0.25, 0.3) is 11.5 Å². The number of aromatic nitrogens is 1. The topological polar surface area (TPSA) is 60.2 Å². The normalized spacial score (nSPS) is 20.9. The zero-order chi connectivity index (χ0) is 19.4. The molecule has 3 rings (SSSR count). The molecule has 4 nitrogen and oxygen atoms in total. The summed E-state index contributed by atoms with van der Waals surface area (Å²) in [5.74, 6) is 2.95. The molecule has 0 spiro atoms. The minimum atomic E-state index is -2.91. The number of oxazole rings is 1. The molecule has 0 bridgehead atoms. The van der Waals surface area contributed by atoms with E-state index < -0.39 is 9.84 Å². The Bertz CT molecular complexity index is 829. The maximum absolute atomic E-state index is 12.1. The number of nitrogens with zero attached hydrogens (tertiary/aromatic N) is 1. The molecule has 27 heavy (non-hydrogen) atoms. The van der Waals surface area contributed by atoms with Crippen LogP contribution in [0.4, 0.5) is 0 Å². The lowest BCUT2D eigenvalue weighted by Gasteiger charge is -2.28. The van der Waals surface area contributed by atoms with E-state index in [1.165, 1.54) is 12.0 Å². The van der Waals surface area contributed by atoms with Crippen LogP contribution in [-0.2, 0) is 16.3 Å². The maximum Gasteiger partial charge on any atom is 0.226 e. The van der Waals surface area contributed by atoms with Gasteiger partial charge in [-0.1, -0.05) is 25.0 Å². The molecule has 0 unspecified atom stereocenters. The van der Waals surface area contributed by atoms with Gasteiger partial charge < -0.3 is 4.42 Å².